The van der Waals surface area contributed by atoms with E-state index in [1.165, 1.54) is 40.1 Å². The van der Waals surface area contributed by atoms with Gasteiger partial charge in [0.05, 0.1) is 11.0 Å². The number of nitrogens with zero attached hydrogens (tertiary/aromatic N) is 4. The first-order chi connectivity index (χ1) is 12.4. The molecule has 2 amide bonds. The third kappa shape index (κ3) is 3.22. The van der Waals surface area contributed by atoms with E-state index in [4.69, 9.17) is 4.42 Å². The molecule has 1 aromatic heterocycles. The molecule has 1 saturated heterocycles. The Kier molecular flexibility index (Phi) is 4.35. The Hall–Kier alpha value is -3.76. The molecule has 0 unspecified atom stereocenters. The van der Waals surface area contributed by atoms with E-state index in [2.05, 4.69) is 0 Å². The highest BCUT2D eigenvalue weighted by Crippen LogP contribution is 2.23. The minimum atomic E-state index is -0.755. The van der Waals surface area contributed by atoms with Crippen molar-refractivity contribution in [2.75, 3.05) is 24.5 Å². The van der Waals surface area contributed by atoms with Crippen LogP contribution in [0.3, 0.4) is 0 Å². The molecule has 0 bridgehead atoms. The molecule has 0 aliphatic carbocycles. The summed E-state index contributed by atoms with van der Waals surface area (Å²) in [6.07, 6.45) is 0. The number of nitro benzene ring substituents is 1. The molecule has 1 fully saturated rings. The van der Waals surface area contributed by atoms with Crippen molar-refractivity contribution >= 4 is 29.1 Å². The molecule has 11 nitrogen and oxygen atoms in total. The zero-order valence-corrected chi connectivity index (χ0v) is 13.2. The number of benzene rings is 1. The van der Waals surface area contributed by atoms with Crippen molar-refractivity contribution in [1.29, 1.82) is 0 Å². The minimum absolute atomic E-state index is 0.0885. The standard InChI is InChI=1S/C15H12N4O7/c20-13-9-16(15(21)12-5-6-14(26-12)19(24)25)7-8-17(13)10-1-3-11(4-2-10)18(22)23/h1-6H,7-9H2. The Morgan fingerprint density at radius 3 is 2.23 bits per heavy atom. The number of carbonyl (C=O) groups is 2. The predicted octanol–water partition coefficient (Wildman–Crippen LogP) is 1.58. The molecular formula is C15H12N4O7. The maximum Gasteiger partial charge on any atom is 0.433 e. The lowest BCUT2D eigenvalue weighted by atomic mass is 10.2. The molecule has 2 heterocycles. The number of hydrogen-bond acceptors (Lipinski definition) is 7. The summed E-state index contributed by atoms with van der Waals surface area (Å²) in [5, 5.41) is 21.3. The van der Waals surface area contributed by atoms with Crippen LogP contribution in [0.15, 0.2) is 40.8 Å². The molecule has 1 aromatic carbocycles. The number of hydrogen-bond donors (Lipinski definition) is 0. The highest BCUT2D eigenvalue weighted by Gasteiger charge is 2.31. The summed E-state index contributed by atoms with van der Waals surface area (Å²) in [5.74, 6) is -1.76. The van der Waals surface area contributed by atoms with Gasteiger partial charge < -0.3 is 14.2 Å². The minimum Gasteiger partial charge on any atom is -0.395 e. The molecule has 1 aliphatic rings. The van der Waals surface area contributed by atoms with Gasteiger partial charge in [0.15, 0.2) is 5.76 Å². The van der Waals surface area contributed by atoms with Crippen LogP contribution < -0.4 is 4.90 Å². The van der Waals surface area contributed by atoms with Gasteiger partial charge in [-0.05, 0) is 18.2 Å². The lowest BCUT2D eigenvalue weighted by molar-refractivity contribution is -0.402. The molecule has 0 spiro atoms. The highest BCUT2D eigenvalue weighted by atomic mass is 16.6. The topological polar surface area (TPSA) is 140 Å². The van der Waals surface area contributed by atoms with Crippen LogP contribution in [0.5, 0.6) is 0 Å². The Balaban J connectivity index is 1.69. The molecule has 11 heteroatoms. The van der Waals surface area contributed by atoms with Crippen LogP contribution >= 0.6 is 0 Å². The number of amides is 2. The summed E-state index contributed by atoms with van der Waals surface area (Å²) in [7, 11) is 0. The van der Waals surface area contributed by atoms with E-state index in [0.29, 0.717) is 5.69 Å². The fourth-order valence-electron chi connectivity index (χ4n) is 2.57. The van der Waals surface area contributed by atoms with Crippen LogP contribution in [0.1, 0.15) is 10.6 Å². The van der Waals surface area contributed by atoms with Gasteiger partial charge in [-0.15, -0.1) is 0 Å². The summed E-state index contributed by atoms with van der Waals surface area (Å²) in [6, 6.07) is 7.77. The van der Waals surface area contributed by atoms with Gasteiger partial charge in [0.25, 0.3) is 11.6 Å². The van der Waals surface area contributed by atoms with Gasteiger partial charge in [0.1, 0.15) is 11.5 Å². The molecule has 1 aliphatic heterocycles. The van der Waals surface area contributed by atoms with Crippen molar-refractivity contribution in [2.45, 2.75) is 0 Å². The normalized spacial score (nSPS) is 14.4. The molecule has 3 rings (SSSR count). The SMILES string of the molecule is O=C(c1ccc([N+](=O)[O-])o1)N1CCN(c2ccc([N+](=O)[O-])cc2)C(=O)C1. The monoisotopic (exact) mass is 360 g/mol. The summed E-state index contributed by atoms with van der Waals surface area (Å²) in [4.78, 5) is 47.3. The Labute approximate surface area is 145 Å². The lowest BCUT2D eigenvalue weighted by Gasteiger charge is -2.33. The summed E-state index contributed by atoms with van der Waals surface area (Å²) in [6.45, 7) is 0.144. The molecule has 0 atom stereocenters. The summed E-state index contributed by atoms with van der Waals surface area (Å²) in [5.41, 5.74) is 0.399. The Bertz CT molecular complexity index is 890. The van der Waals surface area contributed by atoms with Crippen molar-refractivity contribution in [2.24, 2.45) is 0 Å². The maximum atomic E-state index is 12.3. The molecular weight excluding hydrogens is 348 g/mol. The van der Waals surface area contributed by atoms with Crippen LogP contribution in [-0.4, -0.2) is 46.2 Å². The zero-order chi connectivity index (χ0) is 18.8. The number of anilines is 1. The average molecular weight is 360 g/mol. The van der Waals surface area contributed by atoms with Crippen LogP contribution in [0.2, 0.25) is 0 Å². The van der Waals surface area contributed by atoms with E-state index in [9.17, 15) is 29.8 Å². The second-order valence-corrected chi connectivity index (χ2v) is 5.44. The van der Waals surface area contributed by atoms with Gasteiger partial charge in [-0.2, -0.15) is 0 Å². The van der Waals surface area contributed by atoms with E-state index in [-0.39, 0.29) is 37.0 Å². The van der Waals surface area contributed by atoms with Crippen molar-refractivity contribution in [1.82, 2.24) is 4.90 Å². The first-order valence-corrected chi connectivity index (χ1v) is 7.45. The Morgan fingerprint density at radius 2 is 1.69 bits per heavy atom. The smallest absolute Gasteiger partial charge is 0.395 e. The number of nitro groups is 2. The van der Waals surface area contributed by atoms with Crippen molar-refractivity contribution < 1.29 is 23.9 Å². The average Bonchev–Trinajstić information content (AvgIpc) is 3.11. The van der Waals surface area contributed by atoms with E-state index >= 15 is 0 Å². The van der Waals surface area contributed by atoms with E-state index in [1.807, 2.05) is 0 Å². The van der Waals surface area contributed by atoms with Gasteiger partial charge in [0.2, 0.25) is 5.91 Å². The first kappa shape index (κ1) is 17.1. The number of carbonyl (C=O) groups excluding carboxylic acids is 2. The number of rotatable bonds is 4. The highest BCUT2D eigenvalue weighted by molar-refractivity contribution is 6.00. The van der Waals surface area contributed by atoms with Gasteiger partial charge in [-0.25, -0.2) is 0 Å². The summed E-state index contributed by atoms with van der Waals surface area (Å²) >= 11 is 0. The molecule has 26 heavy (non-hydrogen) atoms. The van der Waals surface area contributed by atoms with Crippen molar-refractivity contribution in [3.05, 3.63) is 62.4 Å². The fourth-order valence-corrected chi connectivity index (χ4v) is 2.57. The number of piperazine rings is 1. The van der Waals surface area contributed by atoms with Crippen molar-refractivity contribution in [3.8, 4) is 0 Å². The van der Waals surface area contributed by atoms with Gasteiger partial charge in [-0.1, -0.05) is 0 Å². The molecule has 2 aromatic rings. The van der Waals surface area contributed by atoms with Gasteiger partial charge in [-0.3, -0.25) is 29.8 Å². The maximum absolute atomic E-state index is 12.3. The third-order valence-corrected chi connectivity index (χ3v) is 3.86. The lowest BCUT2D eigenvalue weighted by Crippen LogP contribution is -2.52. The molecule has 0 saturated carbocycles. The molecule has 134 valence electrons. The van der Waals surface area contributed by atoms with E-state index < -0.39 is 21.6 Å². The largest absolute Gasteiger partial charge is 0.433 e. The fraction of sp³-hybridized carbons (Fsp3) is 0.200. The molecule has 0 radical (unpaired) electrons. The Morgan fingerprint density at radius 1 is 1.00 bits per heavy atom. The number of furan rings is 1. The third-order valence-electron chi connectivity index (χ3n) is 3.86. The van der Waals surface area contributed by atoms with Gasteiger partial charge >= 0.3 is 5.88 Å². The molecule has 0 N–H and O–H groups in total. The van der Waals surface area contributed by atoms with Crippen molar-refractivity contribution in [3.63, 3.8) is 0 Å². The number of non-ortho nitro benzene ring substituents is 1. The first-order valence-electron chi connectivity index (χ1n) is 7.45. The van der Waals surface area contributed by atoms with Gasteiger partial charge in [0, 0.05) is 30.9 Å². The van der Waals surface area contributed by atoms with E-state index in [1.54, 1.807) is 0 Å². The van der Waals surface area contributed by atoms with Crippen LogP contribution in [0.25, 0.3) is 0 Å². The second kappa shape index (κ2) is 6.63. The van der Waals surface area contributed by atoms with Crippen LogP contribution in [0, 0.1) is 20.2 Å². The van der Waals surface area contributed by atoms with E-state index in [0.717, 1.165) is 6.07 Å². The second-order valence-electron chi connectivity index (χ2n) is 5.44. The predicted molar refractivity (Wildman–Crippen MR) is 86.7 cm³/mol. The van der Waals surface area contributed by atoms with Crippen LogP contribution in [-0.2, 0) is 4.79 Å². The quantitative estimate of drug-likeness (QED) is 0.595. The van der Waals surface area contributed by atoms with Crippen LogP contribution in [0.4, 0.5) is 17.3 Å². The zero-order valence-electron chi connectivity index (χ0n) is 13.2. The summed E-state index contributed by atoms with van der Waals surface area (Å²) < 4.78 is 4.86.